The zero-order valence-corrected chi connectivity index (χ0v) is 11.6. The third-order valence-corrected chi connectivity index (χ3v) is 4.19. The molecule has 17 heavy (non-hydrogen) atoms. The maximum atomic E-state index is 11.8. The van der Waals surface area contributed by atoms with E-state index in [0.29, 0.717) is 6.54 Å². The van der Waals surface area contributed by atoms with Gasteiger partial charge in [-0.15, -0.1) is 0 Å². The van der Waals surface area contributed by atoms with E-state index in [4.69, 9.17) is 5.73 Å². The van der Waals surface area contributed by atoms with Crippen molar-refractivity contribution in [2.75, 3.05) is 11.4 Å². The van der Waals surface area contributed by atoms with E-state index in [1.807, 2.05) is 25.1 Å². The number of benzene rings is 1. The summed E-state index contributed by atoms with van der Waals surface area (Å²) < 4.78 is 1.16. The summed E-state index contributed by atoms with van der Waals surface area (Å²) in [6, 6.07) is 5.83. The minimum absolute atomic E-state index is 0.0330. The lowest BCUT2D eigenvalue weighted by atomic mass is 10.1. The molecule has 5 heteroatoms. The molecule has 4 nitrogen and oxygen atoms in total. The van der Waals surface area contributed by atoms with Gasteiger partial charge in [-0.25, -0.2) is 0 Å². The largest absolute Gasteiger partial charge is 0.369 e. The monoisotopic (exact) mass is 344 g/mol. The van der Waals surface area contributed by atoms with Crippen LogP contribution in [0.3, 0.4) is 0 Å². The highest BCUT2D eigenvalue weighted by Crippen LogP contribution is 2.27. The maximum Gasteiger partial charge on any atom is 0.227 e. The predicted octanol–water partition coefficient (Wildman–Crippen LogP) is 1.44. The molecule has 0 aliphatic carbocycles. The molecule has 2 rings (SSSR count). The number of carbonyl (C=O) groups excluding carboxylic acids is 2. The Hall–Kier alpha value is -1.11. The molecule has 1 aromatic carbocycles. The summed E-state index contributed by atoms with van der Waals surface area (Å²) in [6.07, 6.45) is 0.223. The normalized spacial score (nSPS) is 19.8. The first-order valence-corrected chi connectivity index (χ1v) is 6.42. The molecule has 1 fully saturated rings. The molecule has 2 N–H and O–H groups in total. The summed E-state index contributed by atoms with van der Waals surface area (Å²) >= 11 is 2.25. The van der Waals surface area contributed by atoms with E-state index in [2.05, 4.69) is 22.6 Å². The van der Waals surface area contributed by atoms with Crippen LogP contribution in [0, 0.1) is 16.4 Å². The summed E-state index contributed by atoms with van der Waals surface area (Å²) in [5, 5.41) is 0. The fraction of sp³-hybridized carbons (Fsp3) is 0.333. The van der Waals surface area contributed by atoms with Crippen molar-refractivity contribution in [2.24, 2.45) is 11.7 Å². The van der Waals surface area contributed by atoms with E-state index in [1.54, 1.807) is 4.90 Å². The van der Waals surface area contributed by atoms with Gasteiger partial charge in [0.2, 0.25) is 11.8 Å². The Labute approximate surface area is 113 Å². The number of amides is 2. The lowest BCUT2D eigenvalue weighted by molar-refractivity contribution is -0.123. The molecule has 1 aliphatic heterocycles. The lowest BCUT2D eigenvalue weighted by Gasteiger charge is -2.17. The third kappa shape index (κ3) is 2.43. The Morgan fingerprint density at radius 1 is 1.53 bits per heavy atom. The second kappa shape index (κ2) is 4.64. The van der Waals surface area contributed by atoms with E-state index < -0.39 is 5.91 Å². The molecule has 0 saturated carbocycles. The van der Waals surface area contributed by atoms with Crippen LogP contribution in [-0.4, -0.2) is 18.4 Å². The fourth-order valence-corrected chi connectivity index (χ4v) is 2.28. The topological polar surface area (TPSA) is 63.4 Å². The summed E-state index contributed by atoms with van der Waals surface area (Å²) in [5.41, 5.74) is 7.20. The predicted molar refractivity (Wildman–Crippen MR) is 73.6 cm³/mol. The highest BCUT2D eigenvalue weighted by Gasteiger charge is 2.33. The minimum Gasteiger partial charge on any atom is -0.369 e. The number of carbonyl (C=O) groups is 2. The van der Waals surface area contributed by atoms with Crippen LogP contribution in [0.2, 0.25) is 0 Å². The Kier molecular flexibility index (Phi) is 3.37. The molecule has 0 spiro atoms. The van der Waals surface area contributed by atoms with Gasteiger partial charge in [0.15, 0.2) is 0 Å². The number of primary amides is 1. The molecule has 1 saturated heterocycles. The van der Waals surface area contributed by atoms with Crippen molar-refractivity contribution < 1.29 is 9.59 Å². The van der Waals surface area contributed by atoms with E-state index in [0.717, 1.165) is 14.8 Å². The highest BCUT2D eigenvalue weighted by molar-refractivity contribution is 14.1. The lowest BCUT2D eigenvalue weighted by Crippen LogP contribution is -2.28. The van der Waals surface area contributed by atoms with Gasteiger partial charge in [0, 0.05) is 22.2 Å². The Bertz CT molecular complexity index is 487. The molecule has 2 amide bonds. The maximum absolute atomic E-state index is 11.8. The summed E-state index contributed by atoms with van der Waals surface area (Å²) in [4.78, 5) is 24.5. The molecule has 90 valence electrons. The van der Waals surface area contributed by atoms with Crippen LogP contribution in [0.15, 0.2) is 18.2 Å². The summed E-state index contributed by atoms with van der Waals surface area (Å²) in [6.45, 7) is 2.39. The standard InChI is InChI=1S/C12H13IN2O2/c1-7-4-9(2-3-10(7)13)15-6-8(12(14)17)5-11(15)16/h2-4,8H,5-6H2,1H3,(H2,14,17). The number of rotatable bonds is 2. The van der Waals surface area contributed by atoms with Crippen LogP contribution in [0.5, 0.6) is 0 Å². The molecule has 1 aromatic rings. The minimum atomic E-state index is -0.400. The summed E-state index contributed by atoms with van der Waals surface area (Å²) in [5.74, 6) is -0.792. The number of nitrogens with zero attached hydrogens (tertiary/aromatic N) is 1. The van der Waals surface area contributed by atoms with Crippen molar-refractivity contribution in [3.8, 4) is 0 Å². The van der Waals surface area contributed by atoms with Crippen molar-refractivity contribution in [1.29, 1.82) is 0 Å². The van der Waals surface area contributed by atoms with E-state index in [-0.39, 0.29) is 18.2 Å². The van der Waals surface area contributed by atoms with Crippen LogP contribution in [-0.2, 0) is 9.59 Å². The van der Waals surface area contributed by atoms with Crippen LogP contribution in [0.4, 0.5) is 5.69 Å². The Morgan fingerprint density at radius 3 is 2.76 bits per heavy atom. The number of aryl methyl sites for hydroxylation is 1. The van der Waals surface area contributed by atoms with Crippen LogP contribution in [0.1, 0.15) is 12.0 Å². The molecule has 1 heterocycles. The van der Waals surface area contributed by atoms with E-state index in [9.17, 15) is 9.59 Å². The van der Waals surface area contributed by atoms with Gasteiger partial charge in [-0.2, -0.15) is 0 Å². The molecule has 1 aliphatic rings. The zero-order valence-electron chi connectivity index (χ0n) is 9.44. The van der Waals surface area contributed by atoms with Crippen molar-refractivity contribution in [1.82, 2.24) is 0 Å². The average molecular weight is 344 g/mol. The second-order valence-electron chi connectivity index (χ2n) is 4.24. The second-order valence-corrected chi connectivity index (χ2v) is 5.40. The average Bonchev–Trinajstić information content (AvgIpc) is 2.65. The number of anilines is 1. The van der Waals surface area contributed by atoms with Gasteiger partial charge < -0.3 is 10.6 Å². The smallest absolute Gasteiger partial charge is 0.227 e. The van der Waals surface area contributed by atoms with Gasteiger partial charge in [-0.05, 0) is 53.3 Å². The Balaban J connectivity index is 2.26. The van der Waals surface area contributed by atoms with Crippen molar-refractivity contribution >= 4 is 40.1 Å². The molecular formula is C12H13IN2O2. The van der Waals surface area contributed by atoms with Gasteiger partial charge >= 0.3 is 0 Å². The first kappa shape index (κ1) is 12.3. The van der Waals surface area contributed by atoms with Gasteiger partial charge in [0.25, 0.3) is 0 Å². The number of halogens is 1. The summed E-state index contributed by atoms with van der Waals surface area (Å²) in [7, 11) is 0. The molecule has 1 atom stereocenters. The van der Waals surface area contributed by atoms with Gasteiger partial charge in [0.1, 0.15) is 0 Å². The fourth-order valence-electron chi connectivity index (χ4n) is 1.94. The first-order valence-electron chi connectivity index (χ1n) is 5.35. The molecule has 0 aromatic heterocycles. The SMILES string of the molecule is Cc1cc(N2CC(C(N)=O)CC2=O)ccc1I. The van der Waals surface area contributed by atoms with Crippen LogP contribution < -0.4 is 10.6 Å². The van der Waals surface area contributed by atoms with Crippen molar-refractivity contribution in [3.05, 3.63) is 27.3 Å². The van der Waals surface area contributed by atoms with Crippen LogP contribution in [0.25, 0.3) is 0 Å². The van der Waals surface area contributed by atoms with Gasteiger partial charge in [-0.1, -0.05) is 0 Å². The molecule has 0 radical (unpaired) electrons. The van der Waals surface area contributed by atoms with Gasteiger partial charge in [-0.3, -0.25) is 9.59 Å². The molecular weight excluding hydrogens is 331 g/mol. The van der Waals surface area contributed by atoms with E-state index >= 15 is 0 Å². The van der Waals surface area contributed by atoms with Gasteiger partial charge in [0.05, 0.1) is 5.92 Å². The number of hydrogen-bond donors (Lipinski definition) is 1. The zero-order chi connectivity index (χ0) is 12.6. The Morgan fingerprint density at radius 2 is 2.24 bits per heavy atom. The number of hydrogen-bond acceptors (Lipinski definition) is 2. The van der Waals surface area contributed by atoms with Crippen LogP contribution >= 0.6 is 22.6 Å². The first-order chi connectivity index (χ1) is 7.99. The number of nitrogens with two attached hydrogens (primary N) is 1. The van der Waals surface area contributed by atoms with E-state index in [1.165, 1.54) is 0 Å². The molecule has 1 unspecified atom stereocenters. The molecule has 0 bridgehead atoms. The third-order valence-electron chi connectivity index (χ3n) is 2.98. The quantitative estimate of drug-likeness (QED) is 0.826. The van der Waals surface area contributed by atoms with Crippen molar-refractivity contribution in [3.63, 3.8) is 0 Å². The highest BCUT2D eigenvalue weighted by atomic mass is 127. The van der Waals surface area contributed by atoms with Crippen molar-refractivity contribution in [2.45, 2.75) is 13.3 Å².